The SMILES string of the molecule is CC(C)OC(=O)c1cc(-c2nn(C)c(C(F)(F)F)c2Br)c(F)cc1Cl.COc1cc(OC)n2nc(S(=O)(=O)Nc3c(Cl)ccc(C)c3Cl)nc2n1.O=C(O)CNCP(=O)(O)O. The van der Waals surface area contributed by atoms with Crippen molar-refractivity contribution in [2.24, 2.45) is 7.05 Å². The fourth-order valence-corrected chi connectivity index (χ4v) is 7.49. The van der Waals surface area contributed by atoms with E-state index >= 15 is 0 Å². The first kappa shape index (κ1) is 51.0. The van der Waals surface area contributed by atoms with Gasteiger partial charge in [0.25, 0.3) is 21.0 Å². The summed E-state index contributed by atoms with van der Waals surface area (Å²) in [5.74, 6) is -2.49. The molecule has 61 heavy (non-hydrogen) atoms. The Morgan fingerprint density at radius 2 is 1.67 bits per heavy atom. The number of carbonyl (C=O) groups is 2. The molecule has 334 valence electrons. The Kier molecular flexibility index (Phi) is 17.3. The van der Waals surface area contributed by atoms with E-state index in [0.717, 1.165) is 23.7 Å². The van der Waals surface area contributed by atoms with Crippen LogP contribution < -0.4 is 19.5 Å². The third-order valence-electron chi connectivity index (χ3n) is 7.14. The lowest BCUT2D eigenvalue weighted by molar-refractivity contribution is -0.144. The number of sulfonamides is 1. The van der Waals surface area contributed by atoms with Crippen LogP contribution in [0.1, 0.15) is 35.5 Å². The zero-order chi connectivity index (χ0) is 46.4. The summed E-state index contributed by atoms with van der Waals surface area (Å²) in [6.45, 7) is 4.51. The van der Waals surface area contributed by atoms with Gasteiger partial charge in [0.05, 0.1) is 70.0 Å². The number of rotatable bonds is 12. The number of aliphatic carboxylic acids is 1. The summed E-state index contributed by atoms with van der Waals surface area (Å²) in [6.07, 6.45) is -5.74. The van der Waals surface area contributed by atoms with Crippen LogP contribution in [0, 0.1) is 12.7 Å². The lowest BCUT2D eigenvalue weighted by atomic mass is 10.1. The van der Waals surface area contributed by atoms with Gasteiger partial charge in [0.15, 0.2) is 5.69 Å². The molecule has 19 nitrogen and oxygen atoms in total. The van der Waals surface area contributed by atoms with Crippen LogP contribution in [0.15, 0.2) is 40.0 Å². The summed E-state index contributed by atoms with van der Waals surface area (Å²) in [6, 6.07) is 6.51. The number of ether oxygens (including phenoxy) is 3. The molecule has 29 heteroatoms. The number of aryl methyl sites for hydroxylation is 2. The van der Waals surface area contributed by atoms with Crippen molar-refractivity contribution in [3.8, 4) is 23.0 Å². The molecule has 0 fully saturated rings. The summed E-state index contributed by atoms with van der Waals surface area (Å²) < 4.78 is 108. The Bertz CT molecular complexity index is 2600. The topological polar surface area (TPSA) is 259 Å². The number of carboxylic acid groups (broad SMARTS) is 1. The molecular weight excluding hydrogens is 998 g/mol. The van der Waals surface area contributed by atoms with Gasteiger partial charge < -0.3 is 29.1 Å². The Hall–Kier alpha value is -4.33. The van der Waals surface area contributed by atoms with Gasteiger partial charge in [-0.3, -0.25) is 24.1 Å². The summed E-state index contributed by atoms with van der Waals surface area (Å²) >= 11 is 20.9. The molecule has 3 aromatic heterocycles. The number of methoxy groups -OCH3 is 2. The van der Waals surface area contributed by atoms with Gasteiger partial charge in [-0.05, 0) is 60.5 Å². The molecule has 5 rings (SSSR count). The zero-order valence-corrected chi connectivity index (χ0v) is 37.6. The molecular formula is C32H33BrCl3F4N8O11PS. The standard InChI is InChI=1S/C15H12BrClF4N2O2.C14H13Cl2N5O4S.C3H8NO5P/c1-6(2)25-14(24)7-4-8(10(18)5-9(7)17)12-11(16)13(15(19,20)21)23(3)22-12;1-7-4-5-8(15)12(11(7)16)20-26(22,23)14-18-13-17-9(24-2)6-10(25-3)21(13)19-14;5-3(6)1-4-2-10(7,8)9/h4-6H,1-3H3;4-6,20H,1-3H3;4H,1-2H2,(H,5,6)(H2,7,8,9). The molecule has 0 spiro atoms. The highest BCUT2D eigenvalue weighted by Gasteiger charge is 2.39. The summed E-state index contributed by atoms with van der Waals surface area (Å²) in [7, 11) is -4.38. The maximum Gasteiger partial charge on any atom is 0.434 e. The summed E-state index contributed by atoms with van der Waals surface area (Å²) in [5, 5.41) is 17.3. The van der Waals surface area contributed by atoms with Crippen LogP contribution >= 0.6 is 58.3 Å². The van der Waals surface area contributed by atoms with E-state index in [2.05, 4.69) is 46.1 Å². The second-order valence-corrected chi connectivity index (χ2v) is 17.4. The zero-order valence-electron chi connectivity index (χ0n) is 32.0. The molecule has 0 aliphatic rings. The van der Waals surface area contributed by atoms with Crippen LogP contribution in [0.4, 0.5) is 23.2 Å². The molecule has 0 aliphatic heterocycles. The number of esters is 1. The second kappa shape index (κ2) is 20.7. The van der Waals surface area contributed by atoms with Gasteiger partial charge in [0.2, 0.25) is 11.8 Å². The van der Waals surface area contributed by atoms with E-state index in [9.17, 15) is 40.1 Å². The van der Waals surface area contributed by atoms with Crippen molar-refractivity contribution in [1.29, 1.82) is 0 Å². The molecule has 0 bridgehead atoms. The van der Waals surface area contributed by atoms with Crippen molar-refractivity contribution in [3.05, 3.63) is 72.5 Å². The molecule has 0 amide bonds. The Balaban J connectivity index is 0.000000268. The number of fused-ring (bicyclic) bond motifs is 1. The fraction of sp³-hybridized carbons (Fsp3) is 0.312. The highest BCUT2D eigenvalue weighted by molar-refractivity contribution is 9.10. The largest absolute Gasteiger partial charge is 0.481 e. The minimum atomic E-state index is -4.69. The van der Waals surface area contributed by atoms with Gasteiger partial charge in [-0.1, -0.05) is 40.9 Å². The monoisotopic (exact) mass is 1030 g/mol. The van der Waals surface area contributed by atoms with Gasteiger partial charge in [-0.15, -0.1) is 5.10 Å². The van der Waals surface area contributed by atoms with E-state index in [1.165, 1.54) is 26.4 Å². The predicted octanol–water partition coefficient (Wildman–Crippen LogP) is 6.58. The molecule has 0 saturated carbocycles. The second-order valence-electron chi connectivity index (χ2n) is 12.1. The third kappa shape index (κ3) is 13.6. The van der Waals surface area contributed by atoms with Gasteiger partial charge in [-0.2, -0.15) is 41.2 Å². The van der Waals surface area contributed by atoms with Gasteiger partial charge >= 0.3 is 25.7 Å². The van der Waals surface area contributed by atoms with Crippen LogP contribution in [-0.4, -0.2) is 97.8 Å². The minimum Gasteiger partial charge on any atom is -0.481 e. The maximum atomic E-state index is 14.3. The van der Waals surface area contributed by atoms with E-state index < -0.39 is 75.8 Å². The van der Waals surface area contributed by atoms with Crippen LogP contribution in [0.25, 0.3) is 17.0 Å². The average Bonchev–Trinajstić information content (AvgIpc) is 3.71. The smallest absolute Gasteiger partial charge is 0.434 e. The van der Waals surface area contributed by atoms with Crippen molar-refractivity contribution in [2.45, 2.75) is 38.2 Å². The lowest BCUT2D eigenvalue weighted by Crippen LogP contribution is -2.23. The molecule has 0 atom stereocenters. The predicted molar refractivity (Wildman–Crippen MR) is 215 cm³/mol. The molecule has 5 N–H and O–H groups in total. The molecule has 0 saturated heterocycles. The number of carboxylic acids is 1. The molecule has 5 aromatic rings. The number of hydrogen-bond donors (Lipinski definition) is 5. The molecule has 2 aromatic carbocycles. The number of carbonyl (C=O) groups excluding carboxylic acids is 1. The molecule has 0 radical (unpaired) electrons. The van der Waals surface area contributed by atoms with E-state index in [-0.39, 0.29) is 55.1 Å². The normalized spacial score (nSPS) is 11.7. The van der Waals surface area contributed by atoms with E-state index in [1.54, 1.807) is 26.8 Å². The maximum absolute atomic E-state index is 14.3. The summed E-state index contributed by atoms with van der Waals surface area (Å²) in [5.41, 5.74) is -1.16. The van der Waals surface area contributed by atoms with Crippen LogP contribution in [0.5, 0.6) is 11.8 Å². The Morgan fingerprint density at radius 3 is 2.20 bits per heavy atom. The van der Waals surface area contributed by atoms with Crippen molar-refractivity contribution < 1.29 is 69.2 Å². The minimum absolute atomic E-state index is 0.0111. The van der Waals surface area contributed by atoms with E-state index in [0.29, 0.717) is 10.2 Å². The van der Waals surface area contributed by atoms with Gasteiger partial charge in [0, 0.05) is 12.6 Å². The third-order valence-corrected chi connectivity index (χ3v) is 10.8. The van der Waals surface area contributed by atoms with E-state index in [1.807, 2.05) is 0 Å². The number of aromatic nitrogens is 6. The molecule has 0 aliphatic carbocycles. The number of benzene rings is 2. The van der Waals surface area contributed by atoms with Crippen molar-refractivity contribution >= 4 is 91.8 Å². The number of hydrogen-bond acceptors (Lipinski definition) is 13. The first-order valence-corrected chi connectivity index (χ1v) is 21.6. The Morgan fingerprint density at radius 1 is 1.03 bits per heavy atom. The van der Waals surface area contributed by atoms with Crippen LogP contribution in [0.2, 0.25) is 15.1 Å². The average molecular weight is 1030 g/mol. The van der Waals surface area contributed by atoms with E-state index in [4.69, 9.17) is 63.9 Å². The molecule has 3 heterocycles. The number of nitrogens with one attached hydrogen (secondary N) is 2. The first-order valence-electron chi connectivity index (χ1n) is 16.4. The fourth-order valence-electron chi connectivity index (χ4n) is 4.55. The van der Waals surface area contributed by atoms with Crippen molar-refractivity contribution in [3.63, 3.8) is 0 Å². The van der Waals surface area contributed by atoms with Gasteiger partial charge in [-0.25, -0.2) is 9.18 Å². The highest BCUT2D eigenvalue weighted by atomic mass is 79.9. The molecule has 0 unspecified atom stereocenters. The number of anilines is 1. The van der Waals surface area contributed by atoms with Crippen molar-refractivity contribution in [1.82, 2.24) is 34.7 Å². The number of halogens is 8. The Labute approximate surface area is 366 Å². The number of alkyl halides is 3. The first-order chi connectivity index (χ1) is 28.1. The lowest BCUT2D eigenvalue weighted by Gasteiger charge is -2.11. The van der Waals surface area contributed by atoms with Crippen LogP contribution in [0.3, 0.4) is 0 Å². The highest BCUT2D eigenvalue weighted by Crippen LogP contribution is 2.41. The van der Waals surface area contributed by atoms with Crippen LogP contribution in [-0.2, 0) is 37.3 Å². The van der Waals surface area contributed by atoms with Gasteiger partial charge in [0.1, 0.15) is 11.5 Å². The number of nitrogens with zero attached hydrogens (tertiary/aromatic N) is 6. The van der Waals surface area contributed by atoms with Crippen molar-refractivity contribution in [2.75, 3.05) is 31.8 Å². The quantitative estimate of drug-likeness (QED) is 0.0502. The summed E-state index contributed by atoms with van der Waals surface area (Å²) in [4.78, 5) is 46.1.